The number of carbonyl (C=O) groups is 1. The van der Waals surface area contributed by atoms with Crippen molar-refractivity contribution in [1.29, 1.82) is 0 Å². The number of nitrogens with one attached hydrogen (secondary N) is 1. The first-order valence-electron chi connectivity index (χ1n) is 6.85. The summed E-state index contributed by atoms with van der Waals surface area (Å²) in [6.07, 6.45) is 0.809. The van der Waals surface area contributed by atoms with Gasteiger partial charge < -0.3 is 10.1 Å². The Hall–Kier alpha value is -1.40. The summed E-state index contributed by atoms with van der Waals surface area (Å²) in [6.45, 7) is 8.38. The highest BCUT2D eigenvalue weighted by Crippen LogP contribution is 2.35. The van der Waals surface area contributed by atoms with Crippen LogP contribution in [0.5, 0.6) is 0 Å². The number of aryl methyl sites for hydroxylation is 1. The van der Waals surface area contributed by atoms with Gasteiger partial charge in [0.05, 0.1) is 11.5 Å². The molecule has 2 rings (SSSR count). The summed E-state index contributed by atoms with van der Waals surface area (Å²) in [5.74, 6) is 0.340. The predicted molar refractivity (Wildman–Crippen MR) is 86.5 cm³/mol. The number of aromatic nitrogens is 2. The molecule has 0 amide bonds. The highest BCUT2D eigenvalue weighted by atomic mass is 35.5. The van der Waals surface area contributed by atoms with Gasteiger partial charge in [-0.2, -0.15) is 0 Å². The van der Waals surface area contributed by atoms with Crippen LogP contribution in [0.4, 0.5) is 5.82 Å². The Labute approximate surface area is 132 Å². The van der Waals surface area contributed by atoms with Crippen molar-refractivity contribution >= 4 is 44.9 Å². The van der Waals surface area contributed by atoms with E-state index in [0.29, 0.717) is 15.5 Å². The number of nitrogens with zero attached hydrogens (tertiary/aromatic N) is 2. The van der Waals surface area contributed by atoms with Gasteiger partial charge in [-0.25, -0.2) is 14.8 Å². The van der Waals surface area contributed by atoms with Gasteiger partial charge in [-0.15, -0.1) is 11.3 Å². The lowest BCUT2D eigenvalue weighted by Gasteiger charge is -2.07. The fourth-order valence-electron chi connectivity index (χ4n) is 1.95. The van der Waals surface area contributed by atoms with Crippen LogP contribution in [0.3, 0.4) is 0 Å². The summed E-state index contributed by atoms with van der Waals surface area (Å²) >= 11 is 7.24. The fourth-order valence-corrected chi connectivity index (χ4v) is 3.23. The molecule has 0 unspecified atom stereocenters. The van der Waals surface area contributed by atoms with E-state index in [-0.39, 0.29) is 17.4 Å². The Bertz CT molecular complexity index is 670. The number of anilines is 1. The molecule has 7 heteroatoms. The van der Waals surface area contributed by atoms with Crippen molar-refractivity contribution in [3.8, 4) is 0 Å². The summed E-state index contributed by atoms with van der Waals surface area (Å²) in [6, 6.07) is 0. The maximum absolute atomic E-state index is 12.1. The van der Waals surface area contributed by atoms with Crippen LogP contribution in [0.2, 0.25) is 5.28 Å². The molecular formula is C14H18ClN3O2S. The summed E-state index contributed by atoms with van der Waals surface area (Å²) in [5.41, 5.74) is 0.830. The normalized spacial score (nSPS) is 11.1. The van der Waals surface area contributed by atoms with Crippen molar-refractivity contribution in [3.63, 3.8) is 0 Å². The van der Waals surface area contributed by atoms with Gasteiger partial charge in [0.1, 0.15) is 15.5 Å². The molecule has 2 heterocycles. The lowest BCUT2D eigenvalue weighted by atomic mass is 10.2. The first-order chi connectivity index (χ1) is 9.93. The molecular weight excluding hydrogens is 310 g/mol. The van der Waals surface area contributed by atoms with Crippen molar-refractivity contribution in [2.75, 3.05) is 11.9 Å². The third-order valence-electron chi connectivity index (χ3n) is 2.83. The zero-order chi connectivity index (χ0) is 15.6. The van der Waals surface area contributed by atoms with Gasteiger partial charge >= 0.3 is 5.97 Å². The molecule has 0 radical (unpaired) electrons. The van der Waals surface area contributed by atoms with Gasteiger partial charge in [-0.3, -0.25) is 0 Å². The topological polar surface area (TPSA) is 64.1 Å². The standard InChI is InChI=1S/C14H18ClN3O2S/c1-5-6-16-11-9-8(4)10(13(19)20-7(2)3)21-12(9)18-14(15)17-11/h7H,5-6H2,1-4H3,(H,16,17,18). The van der Waals surface area contributed by atoms with E-state index in [4.69, 9.17) is 16.3 Å². The van der Waals surface area contributed by atoms with E-state index in [1.54, 1.807) is 0 Å². The largest absolute Gasteiger partial charge is 0.459 e. The lowest BCUT2D eigenvalue weighted by molar-refractivity contribution is 0.0383. The molecule has 2 aromatic rings. The van der Waals surface area contributed by atoms with Crippen LogP contribution < -0.4 is 5.32 Å². The Balaban J connectivity index is 2.51. The number of rotatable bonds is 5. The molecule has 5 nitrogen and oxygen atoms in total. The van der Waals surface area contributed by atoms with E-state index in [9.17, 15) is 4.79 Å². The first kappa shape index (κ1) is 16.0. The second-order valence-electron chi connectivity index (χ2n) is 4.96. The second kappa shape index (κ2) is 6.58. The van der Waals surface area contributed by atoms with Crippen LogP contribution in [-0.4, -0.2) is 28.6 Å². The maximum Gasteiger partial charge on any atom is 0.348 e. The number of fused-ring (bicyclic) bond motifs is 1. The molecule has 0 aromatic carbocycles. The van der Waals surface area contributed by atoms with Gasteiger partial charge in [0.15, 0.2) is 0 Å². The van der Waals surface area contributed by atoms with E-state index >= 15 is 0 Å². The van der Waals surface area contributed by atoms with Gasteiger partial charge in [-0.05, 0) is 44.4 Å². The molecule has 0 aliphatic rings. The Morgan fingerprint density at radius 1 is 1.43 bits per heavy atom. The average Bonchev–Trinajstić information content (AvgIpc) is 2.72. The molecule has 21 heavy (non-hydrogen) atoms. The summed E-state index contributed by atoms with van der Waals surface area (Å²) in [5, 5.41) is 4.24. The van der Waals surface area contributed by atoms with Crippen molar-refractivity contribution in [2.45, 2.75) is 40.2 Å². The van der Waals surface area contributed by atoms with Crippen molar-refractivity contribution in [3.05, 3.63) is 15.7 Å². The Kier molecular flexibility index (Phi) is 5.00. The van der Waals surface area contributed by atoms with Crippen LogP contribution in [0.15, 0.2) is 0 Å². The maximum atomic E-state index is 12.1. The number of ether oxygens (including phenoxy) is 1. The molecule has 0 aliphatic heterocycles. The second-order valence-corrected chi connectivity index (χ2v) is 6.30. The van der Waals surface area contributed by atoms with E-state index in [2.05, 4.69) is 22.2 Å². The van der Waals surface area contributed by atoms with Gasteiger partial charge in [0.2, 0.25) is 5.28 Å². The number of halogens is 1. The monoisotopic (exact) mass is 327 g/mol. The van der Waals surface area contributed by atoms with Gasteiger partial charge in [-0.1, -0.05) is 6.92 Å². The number of hydrogen-bond donors (Lipinski definition) is 1. The SMILES string of the molecule is CCCNc1nc(Cl)nc2sc(C(=O)OC(C)C)c(C)c12. The number of carbonyl (C=O) groups excluding carboxylic acids is 1. The number of thiophene rings is 1. The van der Waals surface area contributed by atoms with Gasteiger partial charge in [0.25, 0.3) is 0 Å². The molecule has 0 saturated heterocycles. The number of hydrogen-bond acceptors (Lipinski definition) is 6. The molecule has 0 aliphatic carbocycles. The molecule has 0 fully saturated rings. The van der Waals surface area contributed by atoms with Crippen molar-refractivity contribution in [2.24, 2.45) is 0 Å². The number of esters is 1. The Morgan fingerprint density at radius 3 is 2.76 bits per heavy atom. The minimum atomic E-state index is -0.330. The summed E-state index contributed by atoms with van der Waals surface area (Å²) < 4.78 is 5.27. The van der Waals surface area contributed by atoms with E-state index in [1.165, 1.54) is 11.3 Å². The first-order valence-corrected chi connectivity index (χ1v) is 8.05. The zero-order valence-electron chi connectivity index (χ0n) is 12.5. The smallest absolute Gasteiger partial charge is 0.348 e. The van der Waals surface area contributed by atoms with E-state index in [1.807, 2.05) is 20.8 Å². The Morgan fingerprint density at radius 2 is 2.14 bits per heavy atom. The third-order valence-corrected chi connectivity index (χ3v) is 4.17. The summed E-state index contributed by atoms with van der Waals surface area (Å²) in [7, 11) is 0. The molecule has 1 N–H and O–H groups in total. The highest BCUT2D eigenvalue weighted by Gasteiger charge is 2.21. The molecule has 0 bridgehead atoms. The fraction of sp³-hybridized carbons (Fsp3) is 0.500. The molecule has 0 spiro atoms. The minimum absolute atomic E-state index is 0.158. The highest BCUT2D eigenvalue weighted by molar-refractivity contribution is 7.20. The van der Waals surface area contributed by atoms with Crippen LogP contribution in [0.25, 0.3) is 10.2 Å². The van der Waals surface area contributed by atoms with Crippen LogP contribution in [0, 0.1) is 6.92 Å². The molecule has 2 aromatic heterocycles. The van der Waals surface area contributed by atoms with Crippen LogP contribution in [-0.2, 0) is 4.74 Å². The predicted octanol–water partition coefficient (Wildman–Crippen LogP) is 4.04. The molecule has 114 valence electrons. The van der Waals surface area contributed by atoms with Crippen LogP contribution >= 0.6 is 22.9 Å². The van der Waals surface area contributed by atoms with E-state index < -0.39 is 0 Å². The minimum Gasteiger partial charge on any atom is -0.459 e. The van der Waals surface area contributed by atoms with E-state index in [0.717, 1.165) is 23.9 Å². The third kappa shape index (κ3) is 3.44. The van der Waals surface area contributed by atoms with Crippen molar-refractivity contribution in [1.82, 2.24) is 9.97 Å². The quantitative estimate of drug-likeness (QED) is 0.663. The summed E-state index contributed by atoms with van der Waals surface area (Å²) in [4.78, 5) is 21.8. The molecule has 0 atom stereocenters. The lowest BCUT2D eigenvalue weighted by Crippen LogP contribution is -2.11. The van der Waals surface area contributed by atoms with Gasteiger partial charge in [0, 0.05) is 6.54 Å². The van der Waals surface area contributed by atoms with Crippen LogP contribution in [0.1, 0.15) is 42.4 Å². The molecule has 0 saturated carbocycles. The van der Waals surface area contributed by atoms with Crippen molar-refractivity contribution < 1.29 is 9.53 Å². The zero-order valence-corrected chi connectivity index (χ0v) is 14.1. The average molecular weight is 328 g/mol.